The Morgan fingerprint density at radius 1 is 1.10 bits per heavy atom. The number of hydrogen-bond donors (Lipinski definition) is 1. The molecule has 0 spiro atoms. The molecule has 0 amide bonds. The van der Waals surface area contributed by atoms with Crippen molar-refractivity contribution in [1.29, 1.82) is 0 Å². The Labute approximate surface area is 126 Å². The maximum atomic E-state index is 11.7. The first-order chi connectivity index (χ1) is 9.54. The van der Waals surface area contributed by atoms with Gasteiger partial charge in [-0.2, -0.15) is 0 Å². The summed E-state index contributed by atoms with van der Waals surface area (Å²) in [6, 6.07) is -0.260. The molecule has 1 fully saturated rings. The van der Waals surface area contributed by atoms with E-state index in [1.807, 2.05) is 41.5 Å². The van der Waals surface area contributed by atoms with Crippen molar-refractivity contribution >= 4 is 5.78 Å². The minimum atomic E-state index is -0.260. The number of ketones is 1. The molecule has 3 heteroatoms. The molecule has 3 nitrogen and oxygen atoms in total. The minimum Gasteiger partial charge on any atom is -0.381 e. The molecule has 0 heterocycles. The largest absolute Gasteiger partial charge is 0.381 e. The summed E-state index contributed by atoms with van der Waals surface area (Å²) in [4.78, 5) is 11.7. The van der Waals surface area contributed by atoms with Crippen molar-refractivity contribution in [2.45, 2.75) is 85.8 Å². The number of Topliss-reactive ketones (excluding diaryl/α,β-unsaturated/α-hetero) is 1. The van der Waals surface area contributed by atoms with Gasteiger partial charge < -0.3 is 10.5 Å². The monoisotopic (exact) mass is 287 g/mol. The third kappa shape index (κ3) is 8.70. The Hall–Kier alpha value is -0.410. The summed E-state index contributed by atoms with van der Waals surface area (Å²) in [6.45, 7) is 11.8. The van der Waals surface area contributed by atoms with Gasteiger partial charge in [-0.1, -0.05) is 41.5 Å². The van der Waals surface area contributed by atoms with Crippen LogP contribution in [0.4, 0.5) is 0 Å². The van der Waals surface area contributed by atoms with Crippen LogP contribution in [0.1, 0.15) is 73.6 Å². The van der Waals surface area contributed by atoms with Crippen LogP contribution in [0.3, 0.4) is 0 Å². The average molecular weight is 287 g/mol. The van der Waals surface area contributed by atoms with E-state index < -0.39 is 0 Å². The molecule has 2 N–H and O–H groups in total. The van der Waals surface area contributed by atoms with Crippen molar-refractivity contribution in [1.82, 2.24) is 0 Å². The van der Waals surface area contributed by atoms with Gasteiger partial charge >= 0.3 is 0 Å². The fourth-order valence-electron chi connectivity index (χ4n) is 2.51. The molecule has 0 aromatic carbocycles. The molecule has 0 saturated heterocycles. The first-order valence-electron chi connectivity index (χ1n) is 8.36. The summed E-state index contributed by atoms with van der Waals surface area (Å²) in [6.07, 6.45) is 5.81. The quantitative estimate of drug-likeness (QED) is 0.825. The van der Waals surface area contributed by atoms with E-state index in [0.717, 1.165) is 32.1 Å². The fourth-order valence-corrected chi connectivity index (χ4v) is 2.51. The zero-order valence-corrected chi connectivity index (χ0v) is 14.7. The molecule has 1 rings (SSSR count). The normalized spacial score (nSPS) is 23.1. The van der Waals surface area contributed by atoms with Gasteiger partial charge in [0.1, 0.15) is 0 Å². The molecule has 0 aromatic rings. The zero-order chi connectivity index (χ0) is 16.1. The van der Waals surface area contributed by atoms with Gasteiger partial charge in [-0.15, -0.1) is 0 Å². The lowest BCUT2D eigenvalue weighted by Crippen LogP contribution is -2.36. The SMILES string of the molecule is CC.CC.COC1CCC(CC(N)C(=O)C(C)C)CC1. The minimum absolute atomic E-state index is 0.0605. The smallest absolute Gasteiger partial charge is 0.152 e. The molecular formula is C17H37NO2. The van der Waals surface area contributed by atoms with Gasteiger partial charge in [-0.3, -0.25) is 4.79 Å². The third-order valence-corrected chi connectivity index (χ3v) is 3.65. The van der Waals surface area contributed by atoms with Gasteiger partial charge in [0.25, 0.3) is 0 Å². The van der Waals surface area contributed by atoms with Gasteiger partial charge in [-0.05, 0) is 38.0 Å². The zero-order valence-electron chi connectivity index (χ0n) is 14.7. The van der Waals surface area contributed by atoms with Crippen molar-refractivity contribution in [2.75, 3.05) is 7.11 Å². The predicted molar refractivity (Wildman–Crippen MR) is 87.9 cm³/mol. The van der Waals surface area contributed by atoms with E-state index >= 15 is 0 Å². The first kappa shape index (κ1) is 21.9. The fraction of sp³-hybridized carbons (Fsp3) is 0.941. The molecule has 0 aromatic heterocycles. The second-order valence-electron chi connectivity index (χ2n) is 5.28. The summed E-state index contributed by atoms with van der Waals surface area (Å²) in [5.74, 6) is 0.878. The highest BCUT2D eigenvalue weighted by Gasteiger charge is 2.25. The van der Waals surface area contributed by atoms with Crippen LogP contribution in [0.5, 0.6) is 0 Å². The second-order valence-corrected chi connectivity index (χ2v) is 5.28. The van der Waals surface area contributed by atoms with Crippen molar-refractivity contribution in [3.63, 3.8) is 0 Å². The molecule has 1 unspecified atom stereocenters. The summed E-state index contributed by atoms with van der Waals surface area (Å²) >= 11 is 0. The number of hydrogen-bond acceptors (Lipinski definition) is 3. The van der Waals surface area contributed by atoms with E-state index in [0.29, 0.717) is 12.0 Å². The number of methoxy groups -OCH3 is 1. The van der Waals surface area contributed by atoms with E-state index in [-0.39, 0.29) is 17.7 Å². The molecule has 20 heavy (non-hydrogen) atoms. The summed E-state index contributed by atoms with van der Waals surface area (Å²) in [5.41, 5.74) is 5.94. The predicted octanol–water partition coefficient (Wildman–Crippen LogP) is 4.19. The Balaban J connectivity index is 0. The van der Waals surface area contributed by atoms with Crippen LogP contribution in [0.15, 0.2) is 0 Å². The molecule has 0 bridgehead atoms. The Kier molecular flexibility index (Phi) is 14.8. The van der Waals surface area contributed by atoms with Gasteiger partial charge in [0.2, 0.25) is 0 Å². The molecule has 1 aliphatic rings. The molecule has 0 aliphatic heterocycles. The molecule has 0 radical (unpaired) electrons. The average Bonchev–Trinajstić information content (AvgIpc) is 2.51. The third-order valence-electron chi connectivity index (χ3n) is 3.65. The molecule has 122 valence electrons. The first-order valence-corrected chi connectivity index (χ1v) is 8.36. The van der Waals surface area contributed by atoms with Crippen LogP contribution < -0.4 is 5.73 Å². The topological polar surface area (TPSA) is 52.3 Å². The van der Waals surface area contributed by atoms with Crippen LogP contribution >= 0.6 is 0 Å². The number of carbonyl (C=O) groups is 1. The second kappa shape index (κ2) is 13.6. The maximum Gasteiger partial charge on any atom is 0.152 e. The van der Waals surface area contributed by atoms with Gasteiger partial charge in [0.15, 0.2) is 5.78 Å². The Morgan fingerprint density at radius 2 is 1.55 bits per heavy atom. The summed E-state index contributed by atoms with van der Waals surface area (Å²) in [5, 5.41) is 0. The number of nitrogens with two attached hydrogens (primary N) is 1. The van der Waals surface area contributed by atoms with E-state index in [4.69, 9.17) is 10.5 Å². The van der Waals surface area contributed by atoms with Crippen molar-refractivity contribution in [3.05, 3.63) is 0 Å². The van der Waals surface area contributed by atoms with Gasteiger partial charge in [0.05, 0.1) is 12.1 Å². The number of carbonyl (C=O) groups excluding carboxylic acids is 1. The standard InChI is InChI=1S/C13H25NO2.2C2H6/c1-9(2)13(15)12(14)8-10-4-6-11(16-3)7-5-10;2*1-2/h9-12H,4-8,14H2,1-3H3;2*1-2H3. The molecule has 1 saturated carbocycles. The molecule has 1 atom stereocenters. The molecule has 1 aliphatic carbocycles. The van der Waals surface area contributed by atoms with Crippen LogP contribution in [0.25, 0.3) is 0 Å². The van der Waals surface area contributed by atoms with Crippen molar-refractivity contribution in [2.24, 2.45) is 17.6 Å². The van der Waals surface area contributed by atoms with Crippen molar-refractivity contribution in [3.8, 4) is 0 Å². The number of rotatable bonds is 5. The van der Waals surface area contributed by atoms with Gasteiger partial charge in [-0.25, -0.2) is 0 Å². The lowest BCUT2D eigenvalue weighted by Gasteiger charge is -2.29. The summed E-state index contributed by atoms with van der Waals surface area (Å²) in [7, 11) is 1.78. The van der Waals surface area contributed by atoms with E-state index in [9.17, 15) is 4.79 Å². The van der Waals surface area contributed by atoms with Crippen LogP contribution in [0, 0.1) is 11.8 Å². The molecular weight excluding hydrogens is 250 g/mol. The van der Waals surface area contributed by atoms with Crippen LogP contribution in [0.2, 0.25) is 0 Å². The Morgan fingerprint density at radius 3 is 1.90 bits per heavy atom. The van der Waals surface area contributed by atoms with Gasteiger partial charge in [0, 0.05) is 13.0 Å². The Bertz CT molecular complexity index is 221. The highest BCUT2D eigenvalue weighted by atomic mass is 16.5. The van der Waals surface area contributed by atoms with Crippen LogP contribution in [-0.4, -0.2) is 25.0 Å². The van der Waals surface area contributed by atoms with E-state index in [1.165, 1.54) is 0 Å². The highest BCUT2D eigenvalue weighted by Crippen LogP contribution is 2.29. The van der Waals surface area contributed by atoms with E-state index in [2.05, 4.69) is 0 Å². The van der Waals surface area contributed by atoms with Crippen molar-refractivity contribution < 1.29 is 9.53 Å². The lowest BCUT2D eigenvalue weighted by molar-refractivity contribution is -0.123. The summed E-state index contributed by atoms with van der Waals surface area (Å²) < 4.78 is 5.33. The van der Waals surface area contributed by atoms with Crippen LogP contribution in [-0.2, 0) is 9.53 Å². The number of ether oxygens (including phenoxy) is 1. The highest BCUT2D eigenvalue weighted by molar-refractivity contribution is 5.85. The lowest BCUT2D eigenvalue weighted by atomic mass is 9.82. The maximum absolute atomic E-state index is 11.7. The van der Waals surface area contributed by atoms with E-state index in [1.54, 1.807) is 7.11 Å².